The molecule has 4 rings (SSSR count). The molecule has 1 aliphatic heterocycles. The fourth-order valence-electron chi connectivity index (χ4n) is 4.43. The van der Waals surface area contributed by atoms with Crippen LogP contribution in [0.15, 0.2) is 28.8 Å². The first-order chi connectivity index (χ1) is 13.8. The summed E-state index contributed by atoms with van der Waals surface area (Å²) in [7, 11) is 0. The van der Waals surface area contributed by atoms with Gasteiger partial charge in [-0.25, -0.2) is 0 Å². The summed E-state index contributed by atoms with van der Waals surface area (Å²) in [6.07, 6.45) is -0.707. The third-order valence-corrected chi connectivity index (χ3v) is 5.67. The van der Waals surface area contributed by atoms with E-state index in [1.54, 1.807) is 12.1 Å². The van der Waals surface area contributed by atoms with E-state index in [4.69, 9.17) is 0 Å². The fourth-order valence-corrected chi connectivity index (χ4v) is 4.43. The van der Waals surface area contributed by atoms with Crippen molar-refractivity contribution in [3.8, 4) is 11.4 Å². The molecule has 2 aliphatic rings. The van der Waals surface area contributed by atoms with Gasteiger partial charge >= 0.3 is 12.1 Å². The minimum absolute atomic E-state index is 0.00577. The van der Waals surface area contributed by atoms with Crippen LogP contribution < -0.4 is 5.32 Å². The number of nitrogens with zero attached hydrogens (tertiary/aromatic N) is 3. The molecule has 2 aromatic rings. The van der Waals surface area contributed by atoms with Gasteiger partial charge in [0.25, 0.3) is 5.91 Å². The molecule has 1 N–H and O–H groups in total. The maximum absolute atomic E-state index is 12.6. The predicted molar refractivity (Wildman–Crippen MR) is 98.9 cm³/mol. The lowest BCUT2D eigenvalue weighted by Gasteiger charge is -2.33. The quantitative estimate of drug-likeness (QED) is 0.819. The minimum Gasteiger partial charge on any atom is -0.348 e. The van der Waals surface area contributed by atoms with Gasteiger partial charge in [-0.2, -0.15) is 18.2 Å². The number of benzene rings is 1. The Kier molecular flexibility index (Phi) is 5.33. The highest BCUT2D eigenvalue weighted by Crippen LogP contribution is 2.36. The summed E-state index contributed by atoms with van der Waals surface area (Å²) in [5, 5.41) is 6.34. The number of alkyl halides is 3. The number of piperidine rings is 1. The first-order valence-corrected chi connectivity index (χ1v) is 9.82. The van der Waals surface area contributed by atoms with Crippen molar-refractivity contribution in [2.75, 3.05) is 19.6 Å². The van der Waals surface area contributed by atoms with Gasteiger partial charge in [-0.3, -0.25) is 4.79 Å². The van der Waals surface area contributed by atoms with Crippen molar-refractivity contribution in [1.29, 1.82) is 0 Å². The Hall–Kier alpha value is -2.42. The normalized spacial score (nSPS) is 23.2. The third-order valence-electron chi connectivity index (χ3n) is 5.67. The van der Waals surface area contributed by atoms with E-state index in [2.05, 4.69) is 24.9 Å². The zero-order chi connectivity index (χ0) is 20.6. The molecule has 2 heterocycles. The van der Waals surface area contributed by atoms with Gasteiger partial charge in [0.15, 0.2) is 0 Å². The second-order valence-corrected chi connectivity index (χ2v) is 8.14. The van der Waals surface area contributed by atoms with Crippen molar-refractivity contribution < 1.29 is 22.5 Å². The van der Waals surface area contributed by atoms with Crippen LogP contribution in [-0.4, -0.2) is 46.6 Å². The molecule has 1 amide bonds. The molecule has 2 bridgehead atoms. The summed E-state index contributed by atoms with van der Waals surface area (Å²) in [6, 6.07) is 6.11. The Morgan fingerprint density at radius 3 is 2.48 bits per heavy atom. The Labute approximate surface area is 166 Å². The van der Waals surface area contributed by atoms with E-state index in [-0.39, 0.29) is 17.8 Å². The van der Waals surface area contributed by atoms with Crippen LogP contribution in [-0.2, 0) is 6.18 Å². The van der Waals surface area contributed by atoms with Crippen LogP contribution in [0.5, 0.6) is 0 Å². The molecule has 1 aliphatic carbocycles. The topological polar surface area (TPSA) is 71.3 Å². The van der Waals surface area contributed by atoms with Crippen molar-refractivity contribution in [2.45, 2.75) is 38.4 Å². The highest BCUT2D eigenvalue weighted by Gasteiger charge is 2.38. The first-order valence-electron chi connectivity index (χ1n) is 9.82. The number of rotatable bonds is 5. The van der Waals surface area contributed by atoms with Crippen LogP contribution in [0.4, 0.5) is 13.2 Å². The molecule has 3 atom stereocenters. The van der Waals surface area contributed by atoms with Gasteiger partial charge < -0.3 is 14.7 Å². The Morgan fingerprint density at radius 2 is 1.90 bits per heavy atom. The highest BCUT2D eigenvalue weighted by atomic mass is 19.4. The Bertz CT molecular complexity index is 853. The largest absolute Gasteiger partial charge is 0.471 e. The van der Waals surface area contributed by atoms with E-state index in [0.717, 1.165) is 31.5 Å². The molecule has 1 saturated carbocycles. The van der Waals surface area contributed by atoms with Gasteiger partial charge in [0.2, 0.25) is 5.82 Å². The average Bonchev–Trinajstić information content (AvgIpc) is 3.28. The number of likely N-dealkylation sites (tertiary alicyclic amines) is 1. The van der Waals surface area contributed by atoms with E-state index in [1.165, 1.54) is 31.4 Å². The molecule has 9 heteroatoms. The number of hydrogen-bond acceptors (Lipinski definition) is 5. The maximum atomic E-state index is 12.6. The highest BCUT2D eigenvalue weighted by molar-refractivity contribution is 5.94. The number of halogens is 3. The molecular formula is C20H23F3N4O2. The van der Waals surface area contributed by atoms with Crippen LogP contribution in [0.3, 0.4) is 0 Å². The predicted octanol–water partition coefficient (Wildman–Crippen LogP) is 3.61. The fraction of sp³-hybridized carbons (Fsp3) is 0.550. The number of nitrogens with one attached hydrogen (secondary N) is 1. The smallest absolute Gasteiger partial charge is 0.348 e. The molecule has 2 fully saturated rings. The van der Waals surface area contributed by atoms with Crippen molar-refractivity contribution in [3.05, 3.63) is 35.7 Å². The monoisotopic (exact) mass is 408 g/mol. The van der Waals surface area contributed by atoms with E-state index >= 15 is 0 Å². The van der Waals surface area contributed by atoms with Crippen LogP contribution in [0, 0.1) is 11.8 Å². The van der Waals surface area contributed by atoms with E-state index in [0.29, 0.717) is 11.1 Å². The number of carbonyl (C=O) groups is 1. The lowest BCUT2D eigenvalue weighted by Crippen LogP contribution is -2.46. The molecule has 6 nitrogen and oxygen atoms in total. The van der Waals surface area contributed by atoms with Gasteiger partial charge in [-0.15, -0.1) is 0 Å². The summed E-state index contributed by atoms with van der Waals surface area (Å²) >= 11 is 0. The van der Waals surface area contributed by atoms with Crippen molar-refractivity contribution in [3.63, 3.8) is 0 Å². The number of fused-ring (bicyclic) bond motifs is 2. The van der Waals surface area contributed by atoms with Gasteiger partial charge in [-0.05, 0) is 50.2 Å². The third kappa shape index (κ3) is 4.60. The number of amides is 1. The summed E-state index contributed by atoms with van der Waals surface area (Å²) in [5.41, 5.74) is 0.775. The zero-order valence-electron chi connectivity index (χ0n) is 16.1. The maximum Gasteiger partial charge on any atom is 0.471 e. The Morgan fingerprint density at radius 1 is 1.24 bits per heavy atom. The summed E-state index contributed by atoms with van der Waals surface area (Å²) in [5.74, 6) is -0.181. The molecule has 0 spiro atoms. The number of hydrogen-bond donors (Lipinski definition) is 1. The summed E-state index contributed by atoms with van der Waals surface area (Å²) in [4.78, 5) is 18.3. The number of carbonyl (C=O) groups excluding carboxylic acids is 1. The molecule has 1 aromatic carbocycles. The Balaban J connectivity index is 1.33. The van der Waals surface area contributed by atoms with Gasteiger partial charge in [0.05, 0.1) is 0 Å². The lowest BCUT2D eigenvalue weighted by molar-refractivity contribution is -0.159. The van der Waals surface area contributed by atoms with E-state index in [9.17, 15) is 18.0 Å². The van der Waals surface area contributed by atoms with Crippen LogP contribution in [0.2, 0.25) is 0 Å². The summed E-state index contributed by atoms with van der Waals surface area (Å²) in [6.45, 7) is 5.02. The second kappa shape index (κ2) is 7.78. The van der Waals surface area contributed by atoms with E-state index in [1.807, 2.05) is 6.92 Å². The van der Waals surface area contributed by atoms with Gasteiger partial charge in [0.1, 0.15) is 0 Å². The first kappa shape index (κ1) is 19.9. The molecule has 2 unspecified atom stereocenters. The summed E-state index contributed by atoms with van der Waals surface area (Å²) < 4.78 is 41.9. The standard InChI is InChI=1S/C20H23F3N4O2/c1-12(9-27-10-13-2-3-14(8-13)11-27)24-18(28)16-6-4-15(5-7-16)17-25-19(29-26-17)20(21,22)23/h4-7,12-14H,2-3,8-11H2,1H3,(H,24,28)/t12?,13-,14?/m1/s1. The number of aromatic nitrogens is 2. The van der Waals surface area contributed by atoms with Gasteiger partial charge in [0, 0.05) is 36.8 Å². The molecular weight excluding hydrogens is 385 g/mol. The molecule has 0 radical (unpaired) electrons. The molecule has 156 valence electrons. The van der Waals surface area contributed by atoms with Crippen molar-refractivity contribution in [2.24, 2.45) is 11.8 Å². The van der Waals surface area contributed by atoms with Crippen LogP contribution in [0.1, 0.15) is 42.4 Å². The van der Waals surface area contributed by atoms with Crippen molar-refractivity contribution >= 4 is 5.91 Å². The van der Waals surface area contributed by atoms with Crippen LogP contribution >= 0.6 is 0 Å². The SMILES string of the molecule is CC(CN1CC2CC[C@H](C2)C1)NC(=O)c1ccc(-c2noc(C(F)(F)F)n2)cc1. The molecule has 1 saturated heterocycles. The second-order valence-electron chi connectivity index (χ2n) is 8.14. The van der Waals surface area contributed by atoms with Gasteiger partial charge in [-0.1, -0.05) is 17.3 Å². The zero-order valence-corrected chi connectivity index (χ0v) is 16.1. The average molecular weight is 408 g/mol. The van der Waals surface area contributed by atoms with E-state index < -0.39 is 12.1 Å². The lowest BCUT2D eigenvalue weighted by atomic mass is 9.98. The molecule has 29 heavy (non-hydrogen) atoms. The van der Waals surface area contributed by atoms with Crippen molar-refractivity contribution in [1.82, 2.24) is 20.4 Å². The molecule has 1 aromatic heterocycles. The minimum atomic E-state index is -4.69. The van der Waals surface area contributed by atoms with Crippen LogP contribution in [0.25, 0.3) is 11.4 Å².